The van der Waals surface area contributed by atoms with Gasteiger partial charge in [0.15, 0.2) is 5.96 Å². The van der Waals surface area contributed by atoms with Gasteiger partial charge in [-0.05, 0) is 20.8 Å². The van der Waals surface area contributed by atoms with Gasteiger partial charge in [0.1, 0.15) is 18.7 Å². The van der Waals surface area contributed by atoms with Gasteiger partial charge in [0, 0.05) is 31.4 Å². The van der Waals surface area contributed by atoms with E-state index >= 15 is 0 Å². The summed E-state index contributed by atoms with van der Waals surface area (Å²) in [5.74, 6) is 1.63. The first-order valence-corrected chi connectivity index (χ1v) is 8.19. The van der Waals surface area contributed by atoms with Gasteiger partial charge >= 0.3 is 0 Å². The average Bonchev–Trinajstić information content (AvgIpc) is 3.02. The highest BCUT2D eigenvalue weighted by molar-refractivity contribution is 7.11. The van der Waals surface area contributed by atoms with Crippen molar-refractivity contribution >= 4 is 17.3 Å². The highest BCUT2D eigenvalue weighted by Gasteiger charge is 2.05. The van der Waals surface area contributed by atoms with Gasteiger partial charge in [-0.25, -0.2) is 15.0 Å². The van der Waals surface area contributed by atoms with Crippen LogP contribution in [0.4, 0.5) is 0 Å². The molecule has 2 rings (SSSR count). The number of rotatable bonds is 6. The molecule has 0 saturated heterocycles. The molecule has 0 radical (unpaired) electrons. The van der Waals surface area contributed by atoms with Crippen molar-refractivity contribution in [1.82, 2.24) is 30.4 Å². The lowest BCUT2D eigenvalue weighted by atomic mass is 10.3. The van der Waals surface area contributed by atoms with Crippen LogP contribution in [0.5, 0.6) is 0 Å². The van der Waals surface area contributed by atoms with Crippen molar-refractivity contribution in [3.8, 4) is 0 Å². The van der Waals surface area contributed by atoms with Crippen LogP contribution in [0, 0.1) is 13.8 Å². The van der Waals surface area contributed by atoms with E-state index in [2.05, 4.69) is 44.5 Å². The molecule has 8 heteroatoms. The lowest BCUT2D eigenvalue weighted by molar-refractivity contribution is 0.697. The summed E-state index contributed by atoms with van der Waals surface area (Å²) >= 11 is 1.76. The molecule has 0 unspecified atom stereocenters. The van der Waals surface area contributed by atoms with Crippen LogP contribution in [0.3, 0.4) is 0 Å². The summed E-state index contributed by atoms with van der Waals surface area (Å²) in [6, 6.07) is 0. The molecule has 0 fully saturated rings. The SMILES string of the molecule is CCNC(=NCc1ncnn1C)NCCc1sc(C)nc1C. The molecule has 2 aromatic rings. The Morgan fingerprint density at radius 1 is 1.36 bits per heavy atom. The molecule has 0 atom stereocenters. The maximum atomic E-state index is 4.53. The van der Waals surface area contributed by atoms with Gasteiger partial charge < -0.3 is 10.6 Å². The minimum Gasteiger partial charge on any atom is -0.357 e. The van der Waals surface area contributed by atoms with E-state index < -0.39 is 0 Å². The topological polar surface area (TPSA) is 80.0 Å². The number of thiazole rings is 1. The predicted molar refractivity (Wildman–Crippen MR) is 89.1 cm³/mol. The molecule has 2 N–H and O–H groups in total. The number of aromatic nitrogens is 4. The summed E-state index contributed by atoms with van der Waals surface area (Å²) in [5.41, 5.74) is 1.13. The second-order valence-corrected chi connectivity index (χ2v) is 6.20. The number of aryl methyl sites for hydroxylation is 3. The number of hydrogen-bond donors (Lipinski definition) is 2. The van der Waals surface area contributed by atoms with Crippen molar-refractivity contribution in [3.05, 3.63) is 27.7 Å². The highest BCUT2D eigenvalue weighted by Crippen LogP contribution is 2.16. The molecular weight excluding hydrogens is 298 g/mol. The predicted octanol–water partition coefficient (Wildman–Crippen LogP) is 1.19. The zero-order valence-electron chi connectivity index (χ0n) is 13.6. The van der Waals surface area contributed by atoms with Crippen LogP contribution in [-0.2, 0) is 20.0 Å². The third kappa shape index (κ3) is 4.52. The quantitative estimate of drug-likeness (QED) is 0.617. The van der Waals surface area contributed by atoms with Gasteiger partial charge in [0.25, 0.3) is 0 Å². The normalized spacial score (nSPS) is 11.7. The van der Waals surface area contributed by atoms with Crippen molar-refractivity contribution in [3.63, 3.8) is 0 Å². The number of aliphatic imine (C=N–C) groups is 1. The summed E-state index contributed by atoms with van der Waals surface area (Å²) < 4.78 is 1.73. The minimum atomic E-state index is 0.504. The van der Waals surface area contributed by atoms with Gasteiger partial charge in [-0.15, -0.1) is 11.3 Å². The van der Waals surface area contributed by atoms with Crippen LogP contribution in [0.25, 0.3) is 0 Å². The first-order valence-electron chi connectivity index (χ1n) is 7.38. The summed E-state index contributed by atoms with van der Waals surface area (Å²) in [4.78, 5) is 14.5. The second kappa shape index (κ2) is 7.88. The minimum absolute atomic E-state index is 0.504. The van der Waals surface area contributed by atoms with E-state index in [4.69, 9.17) is 0 Å². The number of hydrogen-bond acceptors (Lipinski definition) is 5. The third-order valence-corrected chi connectivity index (χ3v) is 4.30. The van der Waals surface area contributed by atoms with Crippen molar-refractivity contribution in [1.29, 1.82) is 0 Å². The highest BCUT2D eigenvalue weighted by atomic mass is 32.1. The molecule has 0 saturated carbocycles. The summed E-state index contributed by atoms with van der Waals surface area (Å²) in [5, 5.41) is 11.8. The van der Waals surface area contributed by atoms with Gasteiger partial charge in [-0.2, -0.15) is 5.10 Å². The van der Waals surface area contributed by atoms with Crippen molar-refractivity contribution in [2.45, 2.75) is 33.7 Å². The lowest BCUT2D eigenvalue weighted by Crippen LogP contribution is -2.38. The zero-order valence-corrected chi connectivity index (χ0v) is 14.4. The van der Waals surface area contributed by atoms with Gasteiger partial charge in [0.05, 0.1) is 10.7 Å². The molecule has 0 aliphatic carbocycles. The van der Waals surface area contributed by atoms with E-state index in [0.717, 1.165) is 42.0 Å². The van der Waals surface area contributed by atoms with E-state index in [1.54, 1.807) is 22.3 Å². The van der Waals surface area contributed by atoms with Crippen LogP contribution in [0.15, 0.2) is 11.3 Å². The molecule has 0 spiro atoms. The lowest BCUT2D eigenvalue weighted by Gasteiger charge is -2.10. The van der Waals surface area contributed by atoms with Crippen LogP contribution in [0.2, 0.25) is 0 Å². The molecule has 2 aromatic heterocycles. The van der Waals surface area contributed by atoms with Crippen LogP contribution in [0.1, 0.15) is 28.3 Å². The maximum absolute atomic E-state index is 4.53. The number of guanidine groups is 1. The fourth-order valence-corrected chi connectivity index (χ4v) is 2.99. The smallest absolute Gasteiger partial charge is 0.191 e. The Labute approximate surface area is 134 Å². The molecule has 2 heterocycles. The Morgan fingerprint density at radius 3 is 2.77 bits per heavy atom. The Hall–Kier alpha value is -1.96. The molecular formula is C14H23N7S. The van der Waals surface area contributed by atoms with Crippen molar-refractivity contribution in [2.75, 3.05) is 13.1 Å². The summed E-state index contributed by atoms with van der Waals surface area (Å²) in [6.45, 7) is 8.31. The van der Waals surface area contributed by atoms with Gasteiger partial charge in [-0.3, -0.25) is 4.68 Å². The van der Waals surface area contributed by atoms with Crippen molar-refractivity contribution in [2.24, 2.45) is 12.0 Å². The largest absolute Gasteiger partial charge is 0.357 e. The molecule has 0 bridgehead atoms. The maximum Gasteiger partial charge on any atom is 0.191 e. The number of nitrogens with one attached hydrogen (secondary N) is 2. The van der Waals surface area contributed by atoms with Gasteiger partial charge in [0.2, 0.25) is 0 Å². The Balaban J connectivity index is 1.88. The Bertz CT molecular complexity index is 629. The van der Waals surface area contributed by atoms with Crippen molar-refractivity contribution < 1.29 is 0 Å². The zero-order chi connectivity index (χ0) is 15.9. The van der Waals surface area contributed by atoms with E-state index in [0.29, 0.717) is 6.54 Å². The molecule has 0 amide bonds. The summed E-state index contributed by atoms with van der Waals surface area (Å²) in [6.07, 6.45) is 2.49. The van der Waals surface area contributed by atoms with E-state index in [9.17, 15) is 0 Å². The molecule has 0 aliphatic heterocycles. The first kappa shape index (κ1) is 16.4. The first-order chi connectivity index (χ1) is 10.6. The molecule has 7 nitrogen and oxygen atoms in total. The van der Waals surface area contributed by atoms with E-state index in [-0.39, 0.29) is 0 Å². The Kier molecular flexibility index (Phi) is 5.88. The second-order valence-electron chi connectivity index (χ2n) is 4.91. The standard InChI is InChI=1S/C14H23N7S/c1-5-15-14(17-8-13-18-9-19-21(13)4)16-7-6-12-10(2)20-11(3)22-12/h9H,5-8H2,1-4H3,(H2,15,16,17). The van der Waals surface area contributed by atoms with Gasteiger partial charge in [-0.1, -0.05) is 0 Å². The molecule has 0 aliphatic rings. The van der Waals surface area contributed by atoms with Crippen LogP contribution >= 0.6 is 11.3 Å². The van der Waals surface area contributed by atoms with E-state index in [1.807, 2.05) is 14.0 Å². The molecule has 120 valence electrons. The summed E-state index contributed by atoms with van der Waals surface area (Å²) in [7, 11) is 1.87. The average molecular weight is 321 g/mol. The number of nitrogens with zero attached hydrogens (tertiary/aromatic N) is 5. The molecule has 22 heavy (non-hydrogen) atoms. The van der Waals surface area contributed by atoms with E-state index in [1.165, 1.54) is 4.88 Å². The fraction of sp³-hybridized carbons (Fsp3) is 0.571. The van der Waals surface area contributed by atoms with Crippen LogP contribution in [-0.4, -0.2) is 38.8 Å². The Morgan fingerprint density at radius 2 is 2.18 bits per heavy atom. The molecule has 0 aromatic carbocycles. The van der Waals surface area contributed by atoms with Crippen LogP contribution < -0.4 is 10.6 Å². The fourth-order valence-electron chi connectivity index (χ4n) is 2.05. The monoisotopic (exact) mass is 321 g/mol. The third-order valence-electron chi connectivity index (χ3n) is 3.17.